The summed E-state index contributed by atoms with van der Waals surface area (Å²) < 4.78 is 0. The average Bonchev–Trinajstić information content (AvgIpc) is 2.37. The lowest BCUT2D eigenvalue weighted by Gasteiger charge is -2.31. The smallest absolute Gasteiger partial charge is 0.288 e. The van der Waals surface area contributed by atoms with Crippen LogP contribution in [-0.4, -0.2) is 16.9 Å². The zero-order valence-corrected chi connectivity index (χ0v) is 12.9. The minimum Gasteiger partial charge on any atom is -0.349 e. The normalized spacial score (nSPS) is 25.4. The Morgan fingerprint density at radius 3 is 2.48 bits per heavy atom. The first-order valence-corrected chi connectivity index (χ1v) is 7.49. The Kier molecular flexibility index (Phi) is 4.83. The molecule has 1 saturated carbocycles. The maximum atomic E-state index is 12.2. The molecule has 0 aliphatic heterocycles. The molecule has 2 atom stereocenters. The molecule has 1 N–H and O–H groups in total. The van der Waals surface area contributed by atoms with Crippen molar-refractivity contribution in [1.29, 1.82) is 0 Å². The van der Waals surface area contributed by atoms with E-state index in [1.54, 1.807) is 0 Å². The van der Waals surface area contributed by atoms with Crippen LogP contribution in [-0.2, 0) is 0 Å². The molecular weight excluding hydrogens is 292 g/mol. The Balaban J connectivity index is 2.10. The average molecular weight is 311 g/mol. The van der Waals surface area contributed by atoms with Crippen molar-refractivity contribution in [2.24, 2.45) is 11.8 Å². The lowest BCUT2D eigenvalue weighted by molar-refractivity contribution is -0.384. The number of carbonyl (C=O) groups is 1. The second-order valence-electron chi connectivity index (χ2n) is 6.01. The number of hydrogen-bond donors (Lipinski definition) is 1. The van der Waals surface area contributed by atoms with E-state index in [2.05, 4.69) is 19.2 Å². The molecule has 1 aromatic carbocycles. The number of hydrogen-bond acceptors (Lipinski definition) is 3. The third-order valence-corrected chi connectivity index (χ3v) is 4.24. The number of benzene rings is 1. The lowest BCUT2D eigenvalue weighted by Crippen LogP contribution is -2.40. The molecule has 0 saturated heterocycles. The first kappa shape index (κ1) is 15.8. The van der Waals surface area contributed by atoms with Gasteiger partial charge in [-0.15, -0.1) is 0 Å². The topological polar surface area (TPSA) is 72.2 Å². The van der Waals surface area contributed by atoms with E-state index in [0.717, 1.165) is 12.8 Å². The van der Waals surface area contributed by atoms with E-state index in [1.165, 1.54) is 24.6 Å². The van der Waals surface area contributed by atoms with E-state index in [1.807, 2.05) is 0 Å². The molecule has 2 unspecified atom stereocenters. The number of rotatable bonds is 3. The fourth-order valence-corrected chi connectivity index (χ4v) is 3.31. The molecule has 1 aliphatic rings. The van der Waals surface area contributed by atoms with E-state index in [9.17, 15) is 14.9 Å². The molecule has 0 aromatic heterocycles. The monoisotopic (exact) mass is 310 g/mol. The van der Waals surface area contributed by atoms with Gasteiger partial charge in [0, 0.05) is 17.7 Å². The highest BCUT2D eigenvalue weighted by Crippen LogP contribution is 2.29. The molecular formula is C15H19ClN2O3. The highest BCUT2D eigenvalue weighted by Gasteiger charge is 2.26. The number of amides is 1. The molecule has 5 nitrogen and oxygen atoms in total. The number of nitrogens with zero attached hydrogens (tertiary/aromatic N) is 1. The van der Waals surface area contributed by atoms with Crippen LogP contribution in [0, 0.1) is 22.0 Å². The van der Waals surface area contributed by atoms with Crippen LogP contribution < -0.4 is 5.32 Å². The Labute approximate surface area is 128 Å². The van der Waals surface area contributed by atoms with Gasteiger partial charge in [0.1, 0.15) is 5.02 Å². The van der Waals surface area contributed by atoms with Crippen molar-refractivity contribution >= 4 is 23.2 Å². The SMILES string of the molecule is CC1CC(C)CC(NC(=O)c2ccc(Cl)c([N+](=O)[O-])c2)C1. The van der Waals surface area contributed by atoms with Gasteiger partial charge >= 0.3 is 0 Å². The van der Waals surface area contributed by atoms with Gasteiger partial charge in [-0.25, -0.2) is 0 Å². The molecule has 0 spiro atoms. The number of nitrogens with one attached hydrogen (secondary N) is 1. The van der Waals surface area contributed by atoms with Crippen LogP contribution in [0.2, 0.25) is 5.02 Å². The van der Waals surface area contributed by atoms with Crippen molar-refractivity contribution in [1.82, 2.24) is 5.32 Å². The summed E-state index contributed by atoms with van der Waals surface area (Å²) in [6.45, 7) is 4.36. The third kappa shape index (κ3) is 3.94. The molecule has 1 fully saturated rings. The minimum atomic E-state index is -0.579. The summed E-state index contributed by atoms with van der Waals surface area (Å²) in [5.74, 6) is 0.887. The highest BCUT2D eigenvalue weighted by molar-refractivity contribution is 6.32. The maximum Gasteiger partial charge on any atom is 0.288 e. The number of carbonyl (C=O) groups excluding carboxylic acids is 1. The van der Waals surface area contributed by atoms with Gasteiger partial charge in [0.25, 0.3) is 11.6 Å². The van der Waals surface area contributed by atoms with Crippen LogP contribution in [0.1, 0.15) is 43.5 Å². The maximum absolute atomic E-state index is 12.2. The predicted octanol–water partition coefficient (Wildman–Crippen LogP) is 3.80. The molecule has 0 heterocycles. The Morgan fingerprint density at radius 1 is 1.29 bits per heavy atom. The predicted molar refractivity (Wildman–Crippen MR) is 81.5 cm³/mol. The number of nitro groups is 1. The second-order valence-corrected chi connectivity index (χ2v) is 6.42. The summed E-state index contributed by atoms with van der Waals surface area (Å²) in [6.07, 6.45) is 3.08. The summed E-state index contributed by atoms with van der Waals surface area (Å²) >= 11 is 5.75. The van der Waals surface area contributed by atoms with Crippen molar-refractivity contribution in [3.8, 4) is 0 Å². The highest BCUT2D eigenvalue weighted by atomic mass is 35.5. The van der Waals surface area contributed by atoms with Crippen LogP contribution in [0.15, 0.2) is 18.2 Å². The summed E-state index contributed by atoms with van der Waals surface area (Å²) in [5, 5.41) is 13.9. The first-order chi connectivity index (χ1) is 9.86. The van der Waals surface area contributed by atoms with Crippen molar-refractivity contribution in [2.45, 2.75) is 39.2 Å². The van der Waals surface area contributed by atoms with Crippen molar-refractivity contribution in [3.05, 3.63) is 38.9 Å². The Hall–Kier alpha value is -1.62. The van der Waals surface area contributed by atoms with E-state index >= 15 is 0 Å². The third-order valence-electron chi connectivity index (χ3n) is 3.92. The van der Waals surface area contributed by atoms with Gasteiger partial charge < -0.3 is 5.32 Å². The summed E-state index contributed by atoms with van der Waals surface area (Å²) in [7, 11) is 0. The van der Waals surface area contributed by atoms with E-state index < -0.39 is 4.92 Å². The summed E-state index contributed by atoms with van der Waals surface area (Å²) in [6, 6.07) is 4.26. The zero-order valence-electron chi connectivity index (χ0n) is 12.1. The quantitative estimate of drug-likeness (QED) is 0.681. The molecule has 21 heavy (non-hydrogen) atoms. The Bertz CT molecular complexity index is 552. The van der Waals surface area contributed by atoms with Crippen LogP contribution in [0.4, 0.5) is 5.69 Å². The van der Waals surface area contributed by atoms with Gasteiger partial charge in [-0.1, -0.05) is 25.4 Å². The standard InChI is InChI=1S/C15H19ClN2O3/c1-9-5-10(2)7-12(6-9)17-15(19)11-3-4-13(16)14(8-11)18(20)21/h3-4,8-10,12H,5-7H2,1-2H3,(H,17,19). The molecule has 0 radical (unpaired) electrons. The van der Waals surface area contributed by atoms with Crippen molar-refractivity contribution in [3.63, 3.8) is 0 Å². The molecule has 6 heteroatoms. The van der Waals surface area contributed by atoms with E-state index in [0.29, 0.717) is 11.8 Å². The zero-order chi connectivity index (χ0) is 15.6. The summed E-state index contributed by atoms with van der Waals surface area (Å²) in [4.78, 5) is 22.5. The van der Waals surface area contributed by atoms with Gasteiger partial charge in [0.2, 0.25) is 0 Å². The minimum absolute atomic E-state index is 0.0384. The molecule has 114 valence electrons. The molecule has 1 aromatic rings. The van der Waals surface area contributed by atoms with Crippen LogP contribution in [0.5, 0.6) is 0 Å². The van der Waals surface area contributed by atoms with Gasteiger partial charge in [-0.2, -0.15) is 0 Å². The Morgan fingerprint density at radius 2 is 1.90 bits per heavy atom. The van der Waals surface area contributed by atoms with Gasteiger partial charge in [0.15, 0.2) is 0 Å². The molecule has 0 bridgehead atoms. The lowest BCUT2D eigenvalue weighted by atomic mass is 9.80. The van der Waals surface area contributed by atoms with Crippen molar-refractivity contribution in [2.75, 3.05) is 0 Å². The van der Waals surface area contributed by atoms with Crippen molar-refractivity contribution < 1.29 is 9.72 Å². The van der Waals surface area contributed by atoms with Gasteiger partial charge in [-0.05, 0) is 43.2 Å². The fourth-order valence-electron chi connectivity index (χ4n) is 3.13. The molecule has 1 aliphatic carbocycles. The van der Waals surface area contributed by atoms with Gasteiger partial charge in [0.05, 0.1) is 4.92 Å². The van der Waals surface area contributed by atoms with E-state index in [4.69, 9.17) is 11.6 Å². The van der Waals surface area contributed by atoms with Crippen LogP contribution >= 0.6 is 11.6 Å². The van der Waals surface area contributed by atoms with E-state index in [-0.39, 0.29) is 28.2 Å². The fraction of sp³-hybridized carbons (Fsp3) is 0.533. The van der Waals surface area contributed by atoms with Crippen LogP contribution in [0.3, 0.4) is 0 Å². The number of nitro benzene ring substituents is 1. The summed E-state index contributed by atoms with van der Waals surface area (Å²) in [5.41, 5.74) is 0.0340. The molecule has 2 rings (SSSR count). The largest absolute Gasteiger partial charge is 0.349 e. The first-order valence-electron chi connectivity index (χ1n) is 7.11. The molecule has 1 amide bonds. The second kappa shape index (κ2) is 6.43. The van der Waals surface area contributed by atoms with Gasteiger partial charge in [-0.3, -0.25) is 14.9 Å². The number of halogens is 1. The van der Waals surface area contributed by atoms with Crippen LogP contribution in [0.25, 0.3) is 0 Å².